The van der Waals surface area contributed by atoms with Crippen LogP contribution < -0.4 is 16.2 Å². The Kier molecular flexibility index (Phi) is 4.70. The van der Waals surface area contributed by atoms with E-state index in [-0.39, 0.29) is 29.6 Å². The maximum Gasteiger partial charge on any atom is 0.318 e. The second-order valence-corrected chi connectivity index (χ2v) is 6.45. The lowest BCUT2D eigenvalue weighted by molar-refractivity contribution is 0.100. The van der Waals surface area contributed by atoms with Crippen LogP contribution >= 0.6 is 22.9 Å². The molecule has 9 heteroatoms. The molecule has 0 fully saturated rings. The molecule has 0 atom stereocenters. The Balaban J connectivity index is 2.23. The number of carbonyl (C=O) groups is 1. The van der Waals surface area contributed by atoms with E-state index in [2.05, 4.69) is 9.97 Å². The average molecular weight is 374 g/mol. The first-order valence-corrected chi connectivity index (χ1v) is 8.36. The number of nitriles is 1. The molecule has 3 aromatic rings. The van der Waals surface area contributed by atoms with Crippen molar-refractivity contribution in [3.63, 3.8) is 0 Å². The maximum absolute atomic E-state index is 11.6. The topological polar surface area (TPSA) is 128 Å². The Labute approximate surface area is 151 Å². The van der Waals surface area contributed by atoms with Crippen LogP contribution in [-0.2, 0) is 0 Å². The van der Waals surface area contributed by atoms with Gasteiger partial charge in [-0.25, -0.2) is 0 Å². The second-order valence-electron chi connectivity index (χ2n) is 5.01. The number of benzene rings is 1. The number of anilines is 1. The van der Waals surface area contributed by atoms with Gasteiger partial charge in [0, 0.05) is 10.6 Å². The Morgan fingerprint density at radius 1 is 1.40 bits per heavy atom. The average Bonchev–Trinajstić information content (AvgIpc) is 2.92. The monoisotopic (exact) mass is 373 g/mol. The predicted octanol–water partition coefficient (Wildman–Crippen LogP) is 2.99. The molecule has 0 aliphatic heterocycles. The molecule has 0 unspecified atom stereocenters. The maximum atomic E-state index is 11.6. The number of carbonyl (C=O) groups excluding carboxylic acids is 1. The molecule has 1 amide bonds. The van der Waals surface area contributed by atoms with E-state index in [1.54, 1.807) is 18.2 Å². The predicted molar refractivity (Wildman–Crippen MR) is 96.5 cm³/mol. The summed E-state index contributed by atoms with van der Waals surface area (Å²) < 4.78 is 5.43. The van der Waals surface area contributed by atoms with Gasteiger partial charge in [-0.1, -0.05) is 23.7 Å². The fraction of sp³-hybridized carbons (Fsp3) is 0.125. The van der Waals surface area contributed by atoms with E-state index < -0.39 is 5.91 Å². The van der Waals surface area contributed by atoms with E-state index in [0.717, 1.165) is 11.3 Å². The van der Waals surface area contributed by atoms with Gasteiger partial charge in [0.2, 0.25) is 0 Å². The first-order chi connectivity index (χ1) is 12.0. The SMILES string of the molecule is N#CCCOc1nc(-c2cccc(Cl)c2)c2c(N)c(C(N)=O)sc2n1. The molecule has 1 aromatic carbocycles. The fourth-order valence-electron chi connectivity index (χ4n) is 2.28. The highest BCUT2D eigenvalue weighted by atomic mass is 35.5. The summed E-state index contributed by atoms with van der Waals surface area (Å²) in [4.78, 5) is 21.0. The molecule has 0 bridgehead atoms. The Hall–Kier alpha value is -2.89. The lowest BCUT2D eigenvalue weighted by Gasteiger charge is -2.08. The standard InChI is InChI=1S/C16H12ClN5O2S/c17-9-4-1-3-8(7-9)12-10-11(19)13(14(20)23)25-15(10)22-16(21-12)24-6-2-5-18/h1,3-4,7H,2,6,19H2,(H2,20,23). The second kappa shape index (κ2) is 6.93. The molecule has 25 heavy (non-hydrogen) atoms. The van der Waals surface area contributed by atoms with Crippen LogP contribution in [0.1, 0.15) is 16.1 Å². The highest BCUT2D eigenvalue weighted by molar-refractivity contribution is 7.21. The third kappa shape index (κ3) is 3.33. The van der Waals surface area contributed by atoms with Crippen molar-refractivity contribution < 1.29 is 9.53 Å². The minimum Gasteiger partial charge on any atom is -0.462 e. The Bertz CT molecular complexity index is 1010. The molecule has 3 rings (SSSR count). The van der Waals surface area contributed by atoms with Crippen molar-refractivity contribution >= 4 is 44.7 Å². The van der Waals surface area contributed by atoms with Crippen molar-refractivity contribution in [3.05, 3.63) is 34.2 Å². The number of thiophene rings is 1. The molecular formula is C16H12ClN5O2S. The number of hydrogen-bond donors (Lipinski definition) is 2. The number of ether oxygens (including phenoxy) is 1. The van der Waals surface area contributed by atoms with Gasteiger partial charge >= 0.3 is 6.01 Å². The number of hydrogen-bond acceptors (Lipinski definition) is 7. The molecule has 0 radical (unpaired) electrons. The molecule has 2 aromatic heterocycles. The quantitative estimate of drug-likeness (QED) is 0.661. The molecule has 0 aliphatic carbocycles. The van der Waals surface area contributed by atoms with Gasteiger partial charge in [-0.3, -0.25) is 4.79 Å². The number of amides is 1. The van der Waals surface area contributed by atoms with Crippen LogP contribution in [0.15, 0.2) is 24.3 Å². The summed E-state index contributed by atoms with van der Waals surface area (Å²) >= 11 is 7.14. The number of nitrogens with two attached hydrogens (primary N) is 2. The van der Waals surface area contributed by atoms with Crippen molar-refractivity contribution in [1.29, 1.82) is 5.26 Å². The number of aromatic nitrogens is 2. The number of primary amides is 1. The van der Waals surface area contributed by atoms with Crippen LogP contribution in [0.25, 0.3) is 21.5 Å². The summed E-state index contributed by atoms with van der Waals surface area (Å²) in [6.07, 6.45) is 0.201. The van der Waals surface area contributed by atoms with Crippen LogP contribution in [0.2, 0.25) is 5.02 Å². The van der Waals surface area contributed by atoms with Gasteiger partial charge in [-0.05, 0) is 12.1 Å². The minimum absolute atomic E-state index is 0.0926. The Morgan fingerprint density at radius 3 is 2.88 bits per heavy atom. The lowest BCUT2D eigenvalue weighted by Crippen LogP contribution is -2.10. The summed E-state index contributed by atoms with van der Waals surface area (Å²) in [6, 6.07) is 9.12. The molecular weight excluding hydrogens is 362 g/mol. The molecule has 2 heterocycles. The van der Waals surface area contributed by atoms with Crippen molar-refractivity contribution in [2.45, 2.75) is 6.42 Å². The fourth-order valence-corrected chi connectivity index (χ4v) is 3.41. The molecule has 4 N–H and O–H groups in total. The number of fused-ring (bicyclic) bond motifs is 1. The summed E-state index contributed by atoms with van der Waals surface area (Å²) in [5, 5.41) is 9.68. The number of nitrogen functional groups attached to an aromatic ring is 1. The molecule has 0 saturated carbocycles. The van der Waals surface area contributed by atoms with E-state index in [1.807, 2.05) is 12.1 Å². The van der Waals surface area contributed by atoms with Gasteiger partial charge in [0.25, 0.3) is 5.91 Å². The zero-order chi connectivity index (χ0) is 18.0. The van der Waals surface area contributed by atoms with Crippen molar-refractivity contribution in [2.75, 3.05) is 12.3 Å². The third-order valence-electron chi connectivity index (χ3n) is 3.33. The van der Waals surface area contributed by atoms with Gasteiger partial charge in [-0.2, -0.15) is 15.2 Å². The molecule has 0 aliphatic rings. The third-order valence-corrected chi connectivity index (χ3v) is 4.68. The van der Waals surface area contributed by atoms with Gasteiger partial charge in [-0.15, -0.1) is 11.3 Å². The minimum atomic E-state index is -0.635. The number of halogens is 1. The van der Waals surface area contributed by atoms with Crippen LogP contribution in [0.5, 0.6) is 6.01 Å². The smallest absolute Gasteiger partial charge is 0.318 e. The summed E-state index contributed by atoms with van der Waals surface area (Å²) in [6.45, 7) is 0.153. The number of rotatable bonds is 5. The summed E-state index contributed by atoms with van der Waals surface area (Å²) in [7, 11) is 0. The molecule has 126 valence electrons. The van der Waals surface area contributed by atoms with E-state index in [0.29, 0.717) is 26.5 Å². The van der Waals surface area contributed by atoms with Gasteiger partial charge < -0.3 is 16.2 Å². The molecule has 7 nitrogen and oxygen atoms in total. The molecule has 0 saturated heterocycles. The zero-order valence-corrected chi connectivity index (χ0v) is 14.4. The van der Waals surface area contributed by atoms with Crippen LogP contribution in [0.4, 0.5) is 5.69 Å². The zero-order valence-electron chi connectivity index (χ0n) is 12.8. The van der Waals surface area contributed by atoms with Crippen molar-refractivity contribution in [2.24, 2.45) is 5.73 Å². The van der Waals surface area contributed by atoms with Crippen molar-refractivity contribution in [3.8, 4) is 23.3 Å². The van der Waals surface area contributed by atoms with Gasteiger partial charge in [0.1, 0.15) is 16.3 Å². The first-order valence-electron chi connectivity index (χ1n) is 7.16. The normalized spacial score (nSPS) is 10.6. The summed E-state index contributed by atoms with van der Waals surface area (Å²) in [5.41, 5.74) is 12.9. The highest BCUT2D eigenvalue weighted by Crippen LogP contribution is 2.39. The van der Waals surface area contributed by atoms with Gasteiger partial charge in [0.05, 0.1) is 29.3 Å². The van der Waals surface area contributed by atoms with E-state index in [4.69, 9.17) is 33.1 Å². The molecule has 0 spiro atoms. The largest absolute Gasteiger partial charge is 0.462 e. The van der Waals surface area contributed by atoms with Crippen LogP contribution in [0.3, 0.4) is 0 Å². The van der Waals surface area contributed by atoms with Gasteiger partial charge in [0.15, 0.2) is 0 Å². The lowest BCUT2D eigenvalue weighted by atomic mass is 10.1. The van der Waals surface area contributed by atoms with E-state index in [1.165, 1.54) is 0 Å². The first kappa shape index (κ1) is 17.0. The Morgan fingerprint density at radius 2 is 2.20 bits per heavy atom. The van der Waals surface area contributed by atoms with Crippen LogP contribution in [-0.4, -0.2) is 22.5 Å². The van der Waals surface area contributed by atoms with E-state index in [9.17, 15) is 4.79 Å². The van der Waals surface area contributed by atoms with Crippen LogP contribution in [0, 0.1) is 11.3 Å². The van der Waals surface area contributed by atoms with E-state index >= 15 is 0 Å². The highest BCUT2D eigenvalue weighted by Gasteiger charge is 2.21. The number of nitrogens with zero attached hydrogens (tertiary/aromatic N) is 3. The summed E-state index contributed by atoms with van der Waals surface area (Å²) in [5.74, 6) is -0.635. The van der Waals surface area contributed by atoms with Crippen molar-refractivity contribution in [1.82, 2.24) is 9.97 Å².